The summed E-state index contributed by atoms with van der Waals surface area (Å²) in [6.45, 7) is 2.99. The van der Waals surface area contributed by atoms with E-state index in [4.69, 9.17) is 4.74 Å². The fourth-order valence-electron chi connectivity index (χ4n) is 4.64. The summed E-state index contributed by atoms with van der Waals surface area (Å²) in [5.74, 6) is -3.25. The second-order valence-corrected chi connectivity index (χ2v) is 8.95. The number of Topliss-reactive ketones (excluding diaryl/α,β-unsaturated/α-hetero) is 1. The normalized spacial score (nSPS) is 15.3. The molecule has 8 heteroatoms. The molecule has 1 N–H and O–H groups in total. The largest absolute Gasteiger partial charge is 0.473 e. The zero-order valence-corrected chi connectivity index (χ0v) is 18.8. The number of carbonyl (C=O) groups excluding carboxylic acids is 1. The van der Waals surface area contributed by atoms with Crippen molar-refractivity contribution in [2.45, 2.75) is 71.0 Å². The summed E-state index contributed by atoms with van der Waals surface area (Å²) < 4.78 is 48.5. The van der Waals surface area contributed by atoms with Gasteiger partial charge in [0.1, 0.15) is 12.4 Å². The van der Waals surface area contributed by atoms with Gasteiger partial charge in [-0.25, -0.2) is 17.7 Å². The Morgan fingerprint density at radius 2 is 1.85 bits per heavy atom. The average molecular weight is 460 g/mol. The molecule has 0 aliphatic heterocycles. The number of rotatable bonds is 8. The highest BCUT2D eigenvalue weighted by Crippen LogP contribution is 2.34. The molecule has 33 heavy (non-hydrogen) atoms. The van der Waals surface area contributed by atoms with Crippen molar-refractivity contribution in [3.8, 4) is 5.88 Å². The van der Waals surface area contributed by atoms with Crippen LogP contribution >= 0.6 is 0 Å². The van der Waals surface area contributed by atoms with Crippen LogP contribution in [-0.4, -0.2) is 26.1 Å². The van der Waals surface area contributed by atoms with Crippen LogP contribution in [0.3, 0.4) is 0 Å². The number of ether oxygens (including phenoxy) is 1. The Hall–Kier alpha value is -2.87. The molecule has 176 valence electrons. The predicted octanol–water partition coefficient (Wildman–Crippen LogP) is 5.61. The molecule has 1 aliphatic carbocycles. The lowest BCUT2D eigenvalue weighted by molar-refractivity contribution is 0.0363. The number of pyridine rings is 1. The number of ketones is 1. The number of aromatic nitrogens is 2. The first-order valence-corrected chi connectivity index (χ1v) is 11.2. The van der Waals surface area contributed by atoms with E-state index >= 15 is 0 Å². The van der Waals surface area contributed by atoms with E-state index in [0.29, 0.717) is 29.6 Å². The molecule has 0 spiro atoms. The lowest BCUT2D eigenvalue weighted by atomic mass is 9.93. The summed E-state index contributed by atoms with van der Waals surface area (Å²) in [5.41, 5.74) is 1.10. The molecular weight excluding hydrogens is 433 g/mol. The Labute approximate surface area is 190 Å². The van der Waals surface area contributed by atoms with Crippen LogP contribution in [0.15, 0.2) is 24.3 Å². The molecule has 4 rings (SSSR count). The van der Waals surface area contributed by atoms with Gasteiger partial charge in [0.2, 0.25) is 5.88 Å². The van der Waals surface area contributed by atoms with Crippen molar-refractivity contribution >= 4 is 11.3 Å². The van der Waals surface area contributed by atoms with Gasteiger partial charge >= 0.3 is 0 Å². The summed E-state index contributed by atoms with van der Waals surface area (Å²) in [4.78, 5) is 13.0. The van der Waals surface area contributed by atoms with Gasteiger partial charge in [0.15, 0.2) is 17.4 Å². The number of fused-ring (bicyclic) bond motifs is 1. The minimum Gasteiger partial charge on any atom is -0.473 e. The highest BCUT2D eigenvalue weighted by molar-refractivity contribution is 6.03. The van der Waals surface area contributed by atoms with E-state index in [2.05, 4.69) is 5.10 Å². The van der Waals surface area contributed by atoms with Crippen molar-refractivity contribution in [2.75, 3.05) is 0 Å². The van der Waals surface area contributed by atoms with Crippen LogP contribution in [0.25, 0.3) is 5.52 Å². The molecule has 2 heterocycles. The minimum absolute atomic E-state index is 0.0807. The van der Waals surface area contributed by atoms with Gasteiger partial charge < -0.3 is 9.84 Å². The van der Waals surface area contributed by atoms with E-state index in [1.165, 1.54) is 4.52 Å². The van der Waals surface area contributed by atoms with Crippen LogP contribution in [0.5, 0.6) is 5.88 Å². The molecule has 1 saturated carbocycles. The second-order valence-electron chi connectivity index (χ2n) is 8.95. The van der Waals surface area contributed by atoms with Crippen molar-refractivity contribution in [2.24, 2.45) is 0 Å². The number of aryl methyl sites for hydroxylation is 2. The van der Waals surface area contributed by atoms with Crippen LogP contribution in [0.4, 0.5) is 13.2 Å². The van der Waals surface area contributed by atoms with Gasteiger partial charge in [0.25, 0.3) is 0 Å². The van der Waals surface area contributed by atoms with Gasteiger partial charge in [0, 0.05) is 12.5 Å². The number of aliphatic hydroxyl groups is 1. The lowest BCUT2D eigenvalue weighted by Crippen LogP contribution is -2.23. The zero-order chi connectivity index (χ0) is 23.8. The molecule has 0 saturated heterocycles. The molecular formula is C25H27F3N2O3. The first-order chi connectivity index (χ1) is 15.7. The number of carbonyl (C=O) groups is 1. The number of hydrogen-bond donors (Lipinski definition) is 1. The molecule has 1 aliphatic rings. The van der Waals surface area contributed by atoms with Gasteiger partial charge in [-0.2, -0.15) is 5.10 Å². The molecule has 0 bridgehead atoms. The third-order valence-electron chi connectivity index (χ3n) is 6.38. The highest BCUT2D eigenvalue weighted by Gasteiger charge is 2.31. The molecule has 0 atom stereocenters. The zero-order valence-electron chi connectivity index (χ0n) is 18.8. The van der Waals surface area contributed by atoms with Gasteiger partial charge in [-0.05, 0) is 63.3 Å². The first kappa shape index (κ1) is 23.3. The summed E-state index contributed by atoms with van der Waals surface area (Å²) >= 11 is 0. The Morgan fingerprint density at radius 3 is 2.58 bits per heavy atom. The Morgan fingerprint density at radius 1 is 1.15 bits per heavy atom. The fraction of sp³-hybridized carbons (Fsp3) is 0.440. The Kier molecular flexibility index (Phi) is 6.47. The van der Waals surface area contributed by atoms with Gasteiger partial charge in [-0.1, -0.05) is 12.8 Å². The van der Waals surface area contributed by atoms with E-state index in [1.807, 2.05) is 6.92 Å². The maximum absolute atomic E-state index is 14.0. The maximum Gasteiger partial charge on any atom is 0.215 e. The fourth-order valence-corrected chi connectivity index (χ4v) is 4.64. The van der Waals surface area contributed by atoms with Crippen molar-refractivity contribution in [3.63, 3.8) is 0 Å². The highest BCUT2D eigenvalue weighted by atomic mass is 19.2. The summed E-state index contributed by atoms with van der Waals surface area (Å²) in [6, 6.07) is 5.01. The third kappa shape index (κ3) is 4.76. The molecule has 0 unspecified atom stereocenters. The number of halogens is 3. The molecule has 3 aromatic rings. The van der Waals surface area contributed by atoms with E-state index in [-0.39, 0.29) is 18.1 Å². The van der Waals surface area contributed by atoms with Crippen LogP contribution in [0.2, 0.25) is 0 Å². The van der Waals surface area contributed by atoms with Crippen molar-refractivity contribution in [1.82, 2.24) is 9.61 Å². The van der Waals surface area contributed by atoms with Crippen LogP contribution < -0.4 is 4.74 Å². The number of hydrogen-bond acceptors (Lipinski definition) is 4. The molecule has 1 fully saturated rings. The smallest absolute Gasteiger partial charge is 0.215 e. The first-order valence-electron chi connectivity index (χ1n) is 11.2. The SMILES string of the molecule is Cc1cc(OCc2c(F)ccc(F)c2F)n2nc(C)c(C(=O)CCCC3(O)CCCC3)c2c1. The van der Waals surface area contributed by atoms with Crippen LogP contribution in [0, 0.1) is 31.3 Å². The van der Waals surface area contributed by atoms with Crippen molar-refractivity contribution in [3.05, 3.63) is 64.1 Å². The minimum atomic E-state index is -1.30. The molecule has 0 amide bonds. The third-order valence-corrected chi connectivity index (χ3v) is 6.38. The van der Waals surface area contributed by atoms with Gasteiger partial charge in [0.05, 0.1) is 27.9 Å². The molecule has 2 aromatic heterocycles. The van der Waals surface area contributed by atoms with Gasteiger partial charge in [-0.15, -0.1) is 0 Å². The second kappa shape index (κ2) is 9.17. The quantitative estimate of drug-likeness (QED) is 0.351. The average Bonchev–Trinajstić information content (AvgIpc) is 3.33. The van der Waals surface area contributed by atoms with E-state index in [1.54, 1.807) is 19.1 Å². The topological polar surface area (TPSA) is 63.8 Å². The number of nitrogens with zero attached hydrogens (tertiary/aromatic N) is 2. The summed E-state index contributed by atoms with van der Waals surface area (Å²) in [6.07, 6.45) is 5.06. The van der Waals surface area contributed by atoms with Crippen LogP contribution in [-0.2, 0) is 6.61 Å². The van der Waals surface area contributed by atoms with E-state index in [9.17, 15) is 23.1 Å². The maximum atomic E-state index is 14.0. The molecule has 1 aromatic carbocycles. The van der Waals surface area contributed by atoms with Gasteiger partial charge in [-0.3, -0.25) is 4.79 Å². The lowest BCUT2D eigenvalue weighted by Gasteiger charge is -2.21. The molecule has 5 nitrogen and oxygen atoms in total. The summed E-state index contributed by atoms with van der Waals surface area (Å²) in [7, 11) is 0. The van der Waals surface area contributed by atoms with E-state index < -0.39 is 35.2 Å². The monoisotopic (exact) mass is 460 g/mol. The molecule has 0 radical (unpaired) electrons. The predicted molar refractivity (Wildman–Crippen MR) is 117 cm³/mol. The standard InChI is InChI=1S/C25H27F3N2O3/c1-15-12-20-23(21(31)6-5-11-25(32)9-3-4-10-25)16(2)29-30(20)22(13-15)33-14-17-18(26)7-8-19(27)24(17)28/h7-8,12-13,32H,3-6,9-11,14H2,1-2H3. The summed E-state index contributed by atoms with van der Waals surface area (Å²) in [5, 5.41) is 14.9. The van der Waals surface area contributed by atoms with Crippen LogP contribution in [0.1, 0.15) is 72.1 Å². The van der Waals surface area contributed by atoms with E-state index in [0.717, 1.165) is 43.4 Å². The van der Waals surface area contributed by atoms with Crippen molar-refractivity contribution in [1.29, 1.82) is 0 Å². The Bertz CT molecular complexity index is 1200. The Balaban J connectivity index is 1.56. The van der Waals surface area contributed by atoms with Crippen molar-refractivity contribution < 1.29 is 27.8 Å². The number of benzene rings is 1.